The van der Waals surface area contributed by atoms with E-state index in [4.69, 9.17) is 5.11 Å². The second kappa shape index (κ2) is 7.60. The maximum Gasteiger partial charge on any atom is 0.315 e. The fourth-order valence-corrected chi connectivity index (χ4v) is 1.23. The summed E-state index contributed by atoms with van der Waals surface area (Å²) in [6.45, 7) is 7.39. The maximum atomic E-state index is 11.7. The summed E-state index contributed by atoms with van der Waals surface area (Å²) < 4.78 is 0. The molecular weight excluding hydrogens is 250 g/mol. The van der Waals surface area contributed by atoms with Gasteiger partial charge in [-0.1, -0.05) is 0 Å². The van der Waals surface area contributed by atoms with E-state index in [1.165, 1.54) is 0 Å². The highest BCUT2D eigenvalue weighted by Gasteiger charge is 2.20. The minimum absolute atomic E-state index is 0.000341. The Labute approximate surface area is 113 Å². The Morgan fingerprint density at radius 2 is 1.79 bits per heavy atom. The normalized spacial score (nSPS) is 12.4. The molecule has 3 amide bonds. The lowest BCUT2D eigenvalue weighted by molar-refractivity contribution is -0.137. The van der Waals surface area contributed by atoms with Gasteiger partial charge in [-0.15, -0.1) is 0 Å². The Morgan fingerprint density at radius 1 is 1.21 bits per heavy atom. The first-order chi connectivity index (χ1) is 8.61. The SMILES string of the molecule is CC(NC(=O)NCCCC(=O)O)C(=O)NC(C)(C)C. The van der Waals surface area contributed by atoms with E-state index in [1.54, 1.807) is 6.92 Å². The van der Waals surface area contributed by atoms with E-state index in [1.807, 2.05) is 20.8 Å². The average molecular weight is 273 g/mol. The Balaban J connectivity index is 3.92. The van der Waals surface area contributed by atoms with Gasteiger partial charge in [0, 0.05) is 18.5 Å². The van der Waals surface area contributed by atoms with Gasteiger partial charge in [0.25, 0.3) is 0 Å². The predicted molar refractivity (Wildman–Crippen MR) is 70.8 cm³/mol. The Bertz CT molecular complexity index is 336. The summed E-state index contributed by atoms with van der Waals surface area (Å²) in [5.74, 6) is -1.17. The van der Waals surface area contributed by atoms with E-state index in [9.17, 15) is 14.4 Å². The van der Waals surface area contributed by atoms with Gasteiger partial charge in [-0.2, -0.15) is 0 Å². The smallest absolute Gasteiger partial charge is 0.315 e. The molecule has 4 N–H and O–H groups in total. The molecule has 7 heteroatoms. The van der Waals surface area contributed by atoms with Crippen LogP contribution in [0.5, 0.6) is 0 Å². The standard InChI is InChI=1S/C12H23N3O4/c1-8(10(18)15-12(2,3)4)14-11(19)13-7-5-6-9(16)17/h8H,5-7H2,1-4H3,(H,15,18)(H,16,17)(H2,13,14,19). The van der Waals surface area contributed by atoms with Gasteiger partial charge in [-0.3, -0.25) is 9.59 Å². The monoisotopic (exact) mass is 273 g/mol. The molecule has 0 aliphatic rings. The highest BCUT2D eigenvalue weighted by molar-refractivity contribution is 5.87. The first-order valence-electron chi connectivity index (χ1n) is 6.20. The number of aliphatic carboxylic acids is 1. The van der Waals surface area contributed by atoms with Crippen molar-refractivity contribution in [2.45, 2.75) is 52.1 Å². The van der Waals surface area contributed by atoms with Crippen molar-refractivity contribution in [2.75, 3.05) is 6.54 Å². The molecule has 0 saturated carbocycles. The minimum atomic E-state index is -0.903. The van der Waals surface area contributed by atoms with Crippen molar-refractivity contribution in [3.8, 4) is 0 Å². The predicted octanol–water partition coefficient (Wildman–Crippen LogP) is 0.454. The van der Waals surface area contributed by atoms with Crippen LogP contribution in [-0.4, -0.2) is 41.1 Å². The van der Waals surface area contributed by atoms with Crippen LogP contribution in [0.25, 0.3) is 0 Å². The van der Waals surface area contributed by atoms with Gasteiger partial charge in [0.05, 0.1) is 0 Å². The van der Waals surface area contributed by atoms with E-state index in [-0.39, 0.29) is 24.4 Å². The number of hydrogen-bond donors (Lipinski definition) is 4. The molecule has 0 bridgehead atoms. The van der Waals surface area contributed by atoms with Gasteiger partial charge in [0.1, 0.15) is 6.04 Å². The van der Waals surface area contributed by atoms with Crippen LogP contribution in [0.1, 0.15) is 40.5 Å². The van der Waals surface area contributed by atoms with E-state index < -0.39 is 18.0 Å². The summed E-state index contributed by atoms with van der Waals surface area (Å²) in [4.78, 5) is 33.4. The molecule has 0 aliphatic heterocycles. The van der Waals surface area contributed by atoms with Crippen LogP contribution in [-0.2, 0) is 9.59 Å². The molecule has 0 aromatic carbocycles. The van der Waals surface area contributed by atoms with E-state index >= 15 is 0 Å². The van der Waals surface area contributed by atoms with Crippen LogP contribution in [0.3, 0.4) is 0 Å². The van der Waals surface area contributed by atoms with Crippen molar-refractivity contribution in [1.29, 1.82) is 0 Å². The van der Waals surface area contributed by atoms with Crippen LogP contribution in [0.2, 0.25) is 0 Å². The molecule has 110 valence electrons. The van der Waals surface area contributed by atoms with Gasteiger partial charge in [0.2, 0.25) is 5.91 Å². The zero-order valence-electron chi connectivity index (χ0n) is 11.9. The molecule has 19 heavy (non-hydrogen) atoms. The second-order valence-electron chi connectivity index (χ2n) is 5.36. The number of rotatable bonds is 6. The summed E-state index contributed by atoms with van der Waals surface area (Å²) in [5.41, 5.74) is -0.356. The van der Waals surface area contributed by atoms with Gasteiger partial charge < -0.3 is 21.1 Å². The Kier molecular flexibility index (Phi) is 6.89. The summed E-state index contributed by atoms with van der Waals surface area (Å²) >= 11 is 0. The molecule has 0 aromatic rings. The first kappa shape index (κ1) is 17.2. The Hall–Kier alpha value is -1.79. The summed E-state index contributed by atoms with van der Waals surface area (Å²) in [6.07, 6.45) is 0.353. The number of carbonyl (C=O) groups is 3. The fraction of sp³-hybridized carbons (Fsp3) is 0.750. The van der Waals surface area contributed by atoms with Gasteiger partial charge in [0.15, 0.2) is 0 Å². The highest BCUT2D eigenvalue weighted by Crippen LogP contribution is 1.99. The van der Waals surface area contributed by atoms with Crippen molar-refractivity contribution < 1.29 is 19.5 Å². The molecular formula is C12H23N3O4. The highest BCUT2D eigenvalue weighted by atomic mass is 16.4. The van der Waals surface area contributed by atoms with E-state index in [0.29, 0.717) is 6.42 Å². The lowest BCUT2D eigenvalue weighted by Gasteiger charge is -2.23. The van der Waals surface area contributed by atoms with Crippen molar-refractivity contribution in [3.63, 3.8) is 0 Å². The topological polar surface area (TPSA) is 108 Å². The van der Waals surface area contributed by atoms with Crippen LogP contribution >= 0.6 is 0 Å². The molecule has 0 aromatic heterocycles. The fourth-order valence-electron chi connectivity index (χ4n) is 1.23. The van der Waals surface area contributed by atoms with Crippen molar-refractivity contribution in [2.24, 2.45) is 0 Å². The molecule has 0 radical (unpaired) electrons. The first-order valence-corrected chi connectivity index (χ1v) is 6.20. The lowest BCUT2D eigenvalue weighted by atomic mass is 10.1. The van der Waals surface area contributed by atoms with Crippen molar-refractivity contribution in [3.05, 3.63) is 0 Å². The van der Waals surface area contributed by atoms with Gasteiger partial charge in [-0.25, -0.2) is 4.79 Å². The van der Waals surface area contributed by atoms with Crippen molar-refractivity contribution in [1.82, 2.24) is 16.0 Å². The third-order valence-electron chi connectivity index (χ3n) is 2.09. The summed E-state index contributed by atoms with van der Waals surface area (Å²) in [6, 6.07) is -1.14. The third-order valence-corrected chi connectivity index (χ3v) is 2.09. The number of nitrogens with one attached hydrogen (secondary N) is 3. The molecule has 0 heterocycles. The summed E-state index contributed by atoms with van der Waals surface area (Å²) in [5, 5.41) is 16.1. The number of carboxylic acids is 1. The number of hydrogen-bond acceptors (Lipinski definition) is 3. The number of amides is 3. The van der Waals surface area contributed by atoms with Crippen LogP contribution in [0.4, 0.5) is 4.79 Å². The molecule has 1 unspecified atom stereocenters. The lowest BCUT2D eigenvalue weighted by Crippen LogP contribution is -2.52. The molecule has 0 spiro atoms. The summed E-state index contributed by atoms with van der Waals surface area (Å²) in [7, 11) is 0. The molecule has 0 saturated heterocycles. The van der Waals surface area contributed by atoms with Crippen molar-refractivity contribution >= 4 is 17.9 Å². The van der Waals surface area contributed by atoms with Gasteiger partial charge >= 0.3 is 12.0 Å². The number of carbonyl (C=O) groups excluding carboxylic acids is 2. The molecule has 1 atom stereocenters. The molecule has 0 fully saturated rings. The quantitative estimate of drug-likeness (QED) is 0.527. The van der Waals surface area contributed by atoms with E-state index in [2.05, 4.69) is 16.0 Å². The maximum absolute atomic E-state index is 11.7. The van der Waals surface area contributed by atoms with Crippen LogP contribution in [0, 0.1) is 0 Å². The second-order valence-corrected chi connectivity index (χ2v) is 5.36. The van der Waals surface area contributed by atoms with Crippen LogP contribution in [0.15, 0.2) is 0 Å². The third kappa shape index (κ3) is 9.87. The minimum Gasteiger partial charge on any atom is -0.481 e. The molecule has 0 rings (SSSR count). The molecule has 7 nitrogen and oxygen atoms in total. The van der Waals surface area contributed by atoms with E-state index in [0.717, 1.165) is 0 Å². The molecule has 0 aliphatic carbocycles. The zero-order chi connectivity index (χ0) is 15.1. The number of carboxylic acid groups (broad SMARTS) is 1. The van der Waals surface area contributed by atoms with Gasteiger partial charge in [-0.05, 0) is 34.1 Å². The zero-order valence-corrected chi connectivity index (χ0v) is 11.9. The average Bonchev–Trinajstić information content (AvgIpc) is 2.21. The van der Waals surface area contributed by atoms with Crippen LogP contribution < -0.4 is 16.0 Å². The largest absolute Gasteiger partial charge is 0.481 e. The Morgan fingerprint density at radius 3 is 2.26 bits per heavy atom. The number of urea groups is 1.